The first kappa shape index (κ1) is 18.9. The van der Waals surface area contributed by atoms with Gasteiger partial charge in [0.1, 0.15) is 0 Å². The van der Waals surface area contributed by atoms with Crippen LogP contribution in [0.25, 0.3) is 0 Å². The van der Waals surface area contributed by atoms with E-state index in [1.54, 1.807) is 4.31 Å². The quantitative estimate of drug-likeness (QED) is 0.831. The highest BCUT2D eigenvalue weighted by molar-refractivity contribution is 7.88. The van der Waals surface area contributed by atoms with E-state index in [9.17, 15) is 13.5 Å². The fourth-order valence-corrected chi connectivity index (χ4v) is 7.17. The molecule has 7 heteroatoms. The van der Waals surface area contributed by atoms with Crippen LogP contribution in [0.15, 0.2) is 42.5 Å². The lowest BCUT2D eigenvalue weighted by atomic mass is 9.81. The van der Waals surface area contributed by atoms with E-state index in [1.807, 2.05) is 49.4 Å². The van der Waals surface area contributed by atoms with Crippen LogP contribution in [0, 0.1) is 6.92 Å². The van der Waals surface area contributed by atoms with Crippen molar-refractivity contribution in [3.63, 3.8) is 0 Å². The highest BCUT2D eigenvalue weighted by Gasteiger charge is 2.52. The number of aryl methyl sites for hydroxylation is 1. The summed E-state index contributed by atoms with van der Waals surface area (Å²) in [5.41, 5.74) is 1.58. The lowest BCUT2D eigenvalue weighted by molar-refractivity contribution is -0.0341. The van der Waals surface area contributed by atoms with Crippen LogP contribution in [0.3, 0.4) is 0 Å². The number of hydrogen-bond donors (Lipinski definition) is 1. The Bertz CT molecular complexity index is 1040. The summed E-state index contributed by atoms with van der Waals surface area (Å²) in [4.78, 5) is 0. The zero-order valence-corrected chi connectivity index (χ0v) is 17.2. The number of fused-ring (bicyclic) bond motifs is 3. The Balaban J connectivity index is 1.40. The summed E-state index contributed by atoms with van der Waals surface area (Å²) in [5.74, 6) is 1.32. The fraction of sp³-hybridized carbons (Fsp3) is 0.455. The van der Waals surface area contributed by atoms with E-state index in [2.05, 4.69) is 0 Å². The van der Waals surface area contributed by atoms with Gasteiger partial charge in [0.2, 0.25) is 16.8 Å². The van der Waals surface area contributed by atoms with E-state index >= 15 is 0 Å². The van der Waals surface area contributed by atoms with Gasteiger partial charge in [-0.05, 0) is 55.9 Å². The third-order valence-corrected chi connectivity index (χ3v) is 8.30. The minimum Gasteiger partial charge on any atom is -0.454 e. The van der Waals surface area contributed by atoms with Gasteiger partial charge in [0.25, 0.3) is 0 Å². The van der Waals surface area contributed by atoms with Gasteiger partial charge >= 0.3 is 0 Å². The van der Waals surface area contributed by atoms with Crippen molar-refractivity contribution in [3.8, 4) is 11.5 Å². The molecule has 0 spiro atoms. The van der Waals surface area contributed by atoms with E-state index in [4.69, 9.17) is 9.47 Å². The molecule has 3 heterocycles. The first-order valence-electron chi connectivity index (χ1n) is 10.0. The zero-order valence-electron chi connectivity index (χ0n) is 16.4. The van der Waals surface area contributed by atoms with Gasteiger partial charge < -0.3 is 14.6 Å². The number of nitrogens with zero attached hydrogens (tertiary/aromatic N) is 1. The molecule has 2 saturated heterocycles. The van der Waals surface area contributed by atoms with Crippen molar-refractivity contribution in [2.45, 2.75) is 56.0 Å². The van der Waals surface area contributed by atoms with Crippen molar-refractivity contribution in [2.24, 2.45) is 0 Å². The predicted octanol–water partition coefficient (Wildman–Crippen LogP) is 3.07. The van der Waals surface area contributed by atoms with Crippen molar-refractivity contribution >= 4 is 10.0 Å². The number of piperidine rings is 1. The van der Waals surface area contributed by atoms with Crippen LogP contribution in [0.1, 0.15) is 42.4 Å². The van der Waals surface area contributed by atoms with Crippen molar-refractivity contribution in [1.29, 1.82) is 0 Å². The minimum absolute atomic E-state index is 0.00410. The minimum atomic E-state index is -3.45. The molecular weight excluding hydrogens is 390 g/mol. The maximum Gasteiger partial charge on any atom is 0.231 e. The predicted molar refractivity (Wildman–Crippen MR) is 108 cm³/mol. The monoisotopic (exact) mass is 415 g/mol. The summed E-state index contributed by atoms with van der Waals surface area (Å²) in [6.45, 7) is 2.15. The number of sulfonamides is 1. The molecule has 3 aliphatic heterocycles. The molecular formula is C22H25NO5S. The molecule has 0 aromatic heterocycles. The van der Waals surface area contributed by atoms with E-state index in [0.29, 0.717) is 24.3 Å². The molecule has 0 saturated carbocycles. The number of rotatable bonds is 4. The smallest absolute Gasteiger partial charge is 0.231 e. The van der Waals surface area contributed by atoms with Crippen molar-refractivity contribution in [1.82, 2.24) is 4.31 Å². The van der Waals surface area contributed by atoms with E-state index < -0.39 is 15.6 Å². The number of ether oxygens (including phenoxy) is 2. The van der Waals surface area contributed by atoms with Crippen molar-refractivity contribution in [2.75, 3.05) is 6.79 Å². The molecule has 2 aromatic carbocycles. The van der Waals surface area contributed by atoms with Gasteiger partial charge in [0.15, 0.2) is 11.5 Å². The van der Waals surface area contributed by atoms with E-state index in [0.717, 1.165) is 29.5 Å². The van der Waals surface area contributed by atoms with Gasteiger partial charge in [0, 0.05) is 12.1 Å². The molecule has 2 aromatic rings. The lowest BCUT2D eigenvalue weighted by Crippen LogP contribution is -2.52. The first-order valence-corrected chi connectivity index (χ1v) is 11.6. The standard InChI is InChI=1S/C22H25NO5S/c1-15-3-2-4-16(9-15)13-29(25,26)23-18-6-7-19(23)12-22(24,11-18)17-5-8-20-21(10-17)28-14-27-20/h2-5,8-10,18-19,24H,6-7,11-14H2,1H3/t18-,19-/m0/s1. The SMILES string of the molecule is Cc1cccc(CS(=O)(=O)N2[C@H]3CC[C@H]2CC(O)(c2ccc4c(c2)OCO4)C3)c1. The van der Waals surface area contributed by atoms with Crippen LogP contribution in [-0.2, 0) is 21.4 Å². The Morgan fingerprint density at radius 2 is 1.79 bits per heavy atom. The van der Waals surface area contributed by atoms with Gasteiger partial charge in [-0.25, -0.2) is 8.42 Å². The molecule has 2 atom stereocenters. The summed E-state index contributed by atoms with van der Waals surface area (Å²) >= 11 is 0. The molecule has 6 nitrogen and oxygen atoms in total. The van der Waals surface area contributed by atoms with Crippen LogP contribution < -0.4 is 9.47 Å². The molecule has 5 rings (SSSR count). The second-order valence-electron chi connectivity index (χ2n) is 8.47. The Morgan fingerprint density at radius 1 is 1.07 bits per heavy atom. The van der Waals surface area contributed by atoms with Gasteiger partial charge in [-0.1, -0.05) is 35.9 Å². The summed E-state index contributed by atoms with van der Waals surface area (Å²) in [7, 11) is -3.45. The van der Waals surface area contributed by atoms with Crippen LogP contribution in [0.4, 0.5) is 0 Å². The van der Waals surface area contributed by atoms with Crippen LogP contribution in [0.2, 0.25) is 0 Å². The molecule has 29 heavy (non-hydrogen) atoms. The van der Waals surface area contributed by atoms with Crippen molar-refractivity contribution < 1.29 is 23.0 Å². The molecule has 0 aliphatic carbocycles. The van der Waals surface area contributed by atoms with Gasteiger partial charge in [-0.15, -0.1) is 0 Å². The average molecular weight is 416 g/mol. The maximum absolute atomic E-state index is 13.2. The maximum atomic E-state index is 13.2. The Labute approximate surface area is 171 Å². The molecule has 2 fully saturated rings. The molecule has 154 valence electrons. The normalized spacial score (nSPS) is 28.6. The topological polar surface area (TPSA) is 76.1 Å². The molecule has 1 N–H and O–H groups in total. The van der Waals surface area contributed by atoms with Crippen molar-refractivity contribution in [3.05, 3.63) is 59.2 Å². The van der Waals surface area contributed by atoms with E-state index in [-0.39, 0.29) is 24.6 Å². The van der Waals surface area contributed by atoms with E-state index in [1.165, 1.54) is 0 Å². The largest absolute Gasteiger partial charge is 0.454 e. The second-order valence-corrected chi connectivity index (χ2v) is 10.3. The number of benzene rings is 2. The molecule has 0 unspecified atom stereocenters. The lowest BCUT2D eigenvalue weighted by Gasteiger charge is -2.43. The average Bonchev–Trinajstić information content (AvgIpc) is 3.24. The Morgan fingerprint density at radius 3 is 2.52 bits per heavy atom. The molecule has 0 radical (unpaired) electrons. The summed E-state index contributed by atoms with van der Waals surface area (Å²) in [5, 5.41) is 11.4. The van der Waals surface area contributed by atoms with Gasteiger partial charge in [-0.2, -0.15) is 4.31 Å². The summed E-state index contributed by atoms with van der Waals surface area (Å²) in [6.07, 6.45) is 2.36. The van der Waals surface area contributed by atoms with Crippen LogP contribution in [0.5, 0.6) is 11.5 Å². The zero-order chi connectivity index (χ0) is 20.2. The summed E-state index contributed by atoms with van der Waals surface area (Å²) < 4.78 is 39.0. The Hall–Kier alpha value is -2.09. The molecule has 0 amide bonds. The fourth-order valence-electron chi connectivity index (χ4n) is 5.15. The Kier molecular flexibility index (Phi) is 4.38. The third kappa shape index (κ3) is 3.31. The number of aliphatic hydroxyl groups is 1. The summed E-state index contributed by atoms with van der Waals surface area (Å²) in [6, 6.07) is 12.8. The first-order chi connectivity index (χ1) is 13.8. The van der Waals surface area contributed by atoms with Crippen LogP contribution >= 0.6 is 0 Å². The highest BCUT2D eigenvalue weighted by Crippen LogP contribution is 2.48. The highest BCUT2D eigenvalue weighted by atomic mass is 32.2. The van der Waals surface area contributed by atoms with Gasteiger partial charge in [-0.3, -0.25) is 0 Å². The molecule has 2 bridgehead atoms. The molecule has 3 aliphatic rings. The van der Waals surface area contributed by atoms with Gasteiger partial charge in [0.05, 0.1) is 11.4 Å². The van der Waals surface area contributed by atoms with Crippen LogP contribution in [-0.4, -0.2) is 36.7 Å². The third-order valence-electron chi connectivity index (χ3n) is 6.36. The number of hydrogen-bond acceptors (Lipinski definition) is 5. The second kappa shape index (κ2) is 6.72.